The summed E-state index contributed by atoms with van der Waals surface area (Å²) in [5, 5.41) is 18.3. The number of nitro groups is 1. The second kappa shape index (κ2) is 3.77. The molecular formula is C8H9N7O2. The number of nitrogens with zero attached hydrogens (tertiary/aromatic N) is 6. The van der Waals surface area contributed by atoms with Crippen LogP contribution in [0.5, 0.6) is 0 Å². The predicted octanol–water partition coefficient (Wildman–Crippen LogP) is 0.0709. The summed E-state index contributed by atoms with van der Waals surface area (Å²) in [6, 6.07) is 0. The highest BCUT2D eigenvalue weighted by Gasteiger charge is 2.24. The van der Waals surface area contributed by atoms with Crippen molar-refractivity contribution in [3.8, 4) is 11.4 Å². The van der Waals surface area contributed by atoms with Crippen molar-refractivity contribution in [2.24, 2.45) is 7.05 Å². The molecule has 2 rings (SSSR count). The maximum Gasteiger partial charge on any atom is 0.318 e. The Labute approximate surface area is 95.4 Å². The molecule has 0 atom stereocenters. The Balaban J connectivity index is 2.76. The number of hydrogen-bond donors (Lipinski definition) is 1. The molecule has 0 saturated carbocycles. The van der Waals surface area contributed by atoms with Gasteiger partial charge in [0.1, 0.15) is 11.4 Å². The first-order chi connectivity index (χ1) is 8.00. The molecule has 88 valence electrons. The fourth-order valence-electron chi connectivity index (χ4n) is 1.49. The Kier molecular flexibility index (Phi) is 2.42. The second-order valence-corrected chi connectivity index (χ2v) is 3.36. The van der Waals surface area contributed by atoms with E-state index in [2.05, 4.69) is 20.3 Å². The van der Waals surface area contributed by atoms with Crippen molar-refractivity contribution in [3.05, 3.63) is 22.0 Å². The highest BCUT2D eigenvalue weighted by atomic mass is 16.6. The van der Waals surface area contributed by atoms with E-state index in [1.807, 2.05) is 0 Å². The van der Waals surface area contributed by atoms with Crippen molar-refractivity contribution in [2.75, 3.05) is 5.73 Å². The zero-order valence-electron chi connectivity index (χ0n) is 9.15. The largest absolute Gasteiger partial charge is 0.368 e. The van der Waals surface area contributed by atoms with E-state index in [0.29, 0.717) is 5.69 Å². The number of nitrogens with two attached hydrogens (primary N) is 1. The number of aryl methyl sites for hydroxylation is 2. The molecule has 2 aromatic heterocycles. The summed E-state index contributed by atoms with van der Waals surface area (Å²) < 4.78 is 1.38. The Morgan fingerprint density at radius 2 is 2.18 bits per heavy atom. The van der Waals surface area contributed by atoms with Gasteiger partial charge in [-0.2, -0.15) is 0 Å². The molecule has 0 aromatic carbocycles. The fraction of sp³-hybridized carbons (Fsp3) is 0.250. The van der Waals surface area contributed by atoms with Gasteiger partial charge in [0.25, 0.3) is 0 Å². The molecule has 2 N–H and O–H groups in total. The van der Waals surface area contributed by atoms with Gasteiger partial charge in [0.05, 0.1) is 11.1 Å². The summed E-state index contributed by atoms with van der Waals surface area (Å²) in [7, 11) is 1.61. The molecule has 0 fully saturated rings. The lowest BCUT2D eigenvalue weighted by atomic mass is 10.2. The van der Waals surface area contributed by atoms with Crippen LogP contribution in [0.3, 0.4) is 0 Å². The molecule has 0 aliphatic heterocycles. The minimum atomic E-state index is -0.545. The van der Waals surface area contributed by atoms with Crippen LogP contribution in [0.4, 0.5) is 11.6 Å². The van der Waals surface area contributed by atoms with Gasteiger partial charge in [0.15, 0.2) is 5.69 Å². The van der Waals surface area contributed by atoms with Crippen LogP contribution < -0.4 is 5.73 Å². The molecule has 0 spiro atoms. The zero-order valence-corrected chi connectivity index (χ0v) is 9.15. The Morgan fingerprint density at radius 1 is 1.47 bits per heavy atom. The van der Waals surface area contributed by atoms with Crippen molar-refractivity contribution in [2.45, 2.75) is 6.92 Å². The van der Waals surface area contributed by atoms with E-state index in [4.69, 9.17) is 5.73 Å². The fourth-order valence-corrected chi connectivity index (χ4v) is 1.49. The summed E-state index contributed by atoms with van der Waals surface area (Å²) in [6.45, 7) is 1.50. The zero-order chi connectivity index (χ0) is 12.6. The Hall–Kier alpha value is -2.58. The SMILES string of the molecule is Cc1nc(N)nc(-c2cnnn2C)c1[N+](=O)[O-]. The van der Waals surface area contributed by atoms with Gasteiger partial charge in [-0.05, 0) is 6.92 Å². The van der Waals surface area contributed by atoms with Gasteiger partial charge < -0.3 is 5.73 Å². The molecule has 0 amide bonds. The van der Waals surface area contributed by atoms with E-state index in [9.17, 15) is 10.1 Å². The topological polar surface area (TPSA) is 126 Å². The standard InChI is InChI=1S/C8H9N7O2/c1-4-7(15(16)17)6(12-8(9)11-4)5-3-10-13-14(5)2/h3H,1-2H3,(H2,9,11,12). The first-order valence-electron chi connectivity index (χ1n) is 4.64. The number of nitrogen functional groups attached to an aromatic ring is 1. The van der Waals surface area contributed by atoms with Crippen LogP contribution in [-0.4, -0.2) is 29.9 Å². The van der Waals surface area contributed by atoms with E-state index in [0.717, 1.165) is 0 Å². The smallest absolute Gasteiger partial charge is 0.318 e. The van der Waals surface area contributed by atoms with Crippen molar-refractivity contribution < 1.29 is 4.92 Å². The van der Waals surface area contributed by atoms with E-state index < -0.39 is 4.92 Å². The van der Waals surface area contributed by atoms with Gasteiger partial charge in [0.2, 0.25) is 5.95 Å². The third-order valence-corrected chi connectivity index (χ3v) is 2.22. The van der Waals surface area contributed by atoms with Crippen LogP contribution >= 0.6 is 0 Å². The lowest BCUT2D eigenvalue weighted by Crippen LogP contribution is -2.06. The molecule has 2 aromatic rings. The molecule has 9 heteroatoms. The molecule has 0 unspecified atom stereocenters. The first-order valence-corrected chi connectivity index (χ1v) is 4.64. The number of hydrogen-bond acceptors (Lipinski definition) is 7. The van der Waals surface area contributed by atoms with Gasteiger partial charge >= 0.3 is 5.69 Å². The molecule has 0 saturated heterocycles. The molecular weight excluding hydrogens is 226 g/mol. The summed E-state index contributed by atoms with van der Waals surface area (Å²) >= 11 is 0. The van der Waals surface area contributed by atoms with E-state index >= 15 is 0 Å². The molecule has 2 heterocycles. The molecule has 17 heavy (non-hydrogen) atoms. The molecule has 9 nitrogen and oxygen atoms in total. The van der Waals surface area contributed by atoms with Crippen LogP contribution in [0.25, 0.3) is 11.4 Å². The number of rotatable bonds is 2. The minimum absolute atomic E-state index is 0.0238. The maximum absolute atomic E-state index is 11.0. The lowest BCUT2D eigenvalue weighted by Gasteiger charge is -2.04. The van der Waals surface area contributed by atoms with Gasteiger partial charge in [-0.3, -0.25) is 10.1 Å². The van der Waals surface area contributed by atoms with Crippen LogP contribution in [0.2, 0.25) is 0 Å². The van der Waals surface area contributed by atoms with E-state index in [1.54, 1.807) is 7.05 Å². The first kappa shape index (κ1) is 10.9. The van der Waals surface area contributed by atoms with Gasteiger partial charge in [-0.25, -0.2) is 14.6 Å². The van der Waals surface area contributed by atoms with Gasteiger partial charge in [-0.15, -0.1) is 5.10 Å². The maximum atomic E-state index is 11.0. The molecule has 0 aliphatic rings. The molecule has 0 bridgehead atoms. The van der Waals surface area contributed by atoms with E-state index in [1.165, 1.54) is 17.8 Å². The average Bonchev–Trinajstić information content (AvgIpc) is 2.62. The number of anilines is 1. The van der Waals surface area contributed by atoms with E-state index in [-0.39, 0.29) is 23.0 Å². The summed E-state index contributed by atoms with van der Waals surface area (Å²) in [5.41, 5.74) is 6.04. The Bertz CT molecular complexity index is 592. The predicted molar refractivity (Wildman–Crippen MR) is 57.8 cm³/mol. The molecule has 0 aliphatic carbocycles. The summed E-state index contributed by atoms with van der Waals surface area (Å²) in [5.74, 6) is -0.0238. The monoisotopic (exact) mass is 235 g/mol. The van der Waals surface area contributed by atoms with Crippen LogP contribution in [0, 0.1) is 17.0 Å². The molecule has 0 radical (unpaired) electrons. The lowest BCUT2D eigenvalue weighted by molar-refractivity contribution is -0.385. The van der Waals surface area contributed by atoms with Crippen LogP contribution in [0.1, 0.15) is 5.69 Å². The van der Waals surface area contributed by atoms with Crippen LogP contribution in [0.15, 0.2) is 6.20 Å². The summed E-state index contributed by atoms with van der Waals surface area (Å²) in [4.78, 5) is 18.1. The van der Waals surface area contributed by atoms with Crippen LogP contribution in [-0.2, 0) is 7.05 Å². The highest BCUT2D eigenvalue weighted by molar-refractivity contribution is 5.68. The van der Waals surface area contributed by atoms with Gasteiger partial charge in [0, 0.05) is 7.05 Å². The number of aromatic nitrogens is 5. The Morgan fingerprint density at radius 3 is 2.71 bits per heavy atom. The van der Waals surface area contributed by atoms with Gasteiger partial charge in [-0.1, -0.05) is 5.21 Å². The quantitative estimate of drug-likeness (QED) is 0.576. The third-order valence-electron chi connectivity index (χ3n) is 2.22. The average molecular weight is 235 g/mol. The van der Waals surface area contributed by atoms with Crippen molar-refractivity contribution in [1.29, 1.82) is 0 Å². The second-order valence-electron chi connectivity index (χ2n) is 3.36. The van der Waals surface area contributed by atoms with Crippen molar-refractivity contribution in [1.82, 2.24) is 25.0 Å². The highest BCUT2D eigenvalue weighted by Crippen LogP contribution is 2.29. The summed E-state index contributed by atoms with van der Waals surface area (Å²) in [6.07, 6.45) is 1.38. The van der Waals surface area contributed by atoms with Crippen molar-refractivity contribution >= 4 is 11.6 Å². The van der Waals surface area contributed by atoms with Crippen molar-refractivity contribution in [3.63, 3.8) is 0 Å². The minimum Gasteiger partial charge on any atom is -0.368 e. The third kappa shape index (κ3) is 1.77. The normalized spacial score (nSPS) is 10.5.